The monoisotopic (exact) mass is 269 g/mol. The number of unbranched alkanes of at least 4 members (excludes halogenated alkanes) is 2. The Hall–Kier alpha value is -1.24. The third-order valence-electron chi connectivity index (χ3n) is 4.80. The summed E-state index contributed by atoms with van der Waals surface area (Å²) in [6.45, 7) is 8.09. The zero-order valence-corrected chi connectivity index (χ0v) is 13.2. The SMILES string of the molecule is CCCCCc1c2n(c3cc(C(C)C)ccc13)CCC2. The van der Waals surface area contributed by atoms with Gasteiger partial charge in [-0.25, -0.2) is 0 Å². The first-order valence-electron chi connectivity index (χ1n) is 8.36. The van der Waals surface area contributed by atoms with E-state index in [1.54, 1.807) is 11.3 Å². The number of aryl methyl sites for hydroxylation is 2. The molecule has 0 atom stereocenters. The molecule has 2 heterocycles. The maximum absolute atomic E-state index is 2.60. The van der Waals surface area contributed by atoms with Gasteiger partial charge in [-0.3, -0.25) is 0 Å². The minimum absolute atomic E-state index is 0.621. The van der Waals surface area contributed by atoms with E-state index >= 15 is 0 Å². The highest BCUT2D eigenvalue weighted by Crippen LogP contribution is 2.34. The van der Waals surface area contributed by atoms with E-state index in [0.29, 0.717) is 5.92 Å². The molecular weight excluding hydrogens is 242 g/mol. The summed E-state index contributed by atoms with van der Waals surface area (Å²) in [4.78, 5) is 0. The Balaban J connectivity index is 2.05. The standard InChI is InChI=1S/C19H27N/c1-4-5-6-8-16-17-11-10-15(14(2)3)13-19(17)20-12-7-9-18(16)20/h10-11,13-14H,4-9,12H2,1-3H3. The predicted molar refractivity (Wildman–Crippen MR) is 87.6 cm³/mol. The minimum atomic E-state index is 0.621. The molecule has 0 aliphatic carbocycles. The second kappa shape index (κ2) is 5.63. The lowest BCUT2D eigenvalue weighted by Crippen LogP contribution is -1.93. The Labute approximate surface area is 123 Å². The summed E-state index contributed by atoms with van der Waals surface area (Å²) < 4.78 is 2.60. The van der Waals surface area contributed by atoms with Crippen molar-refractivity contribution in [3.8, 4) is 0 Å². The Morgan fingerprint density at radius 1 is 1.20 bits per heavy atom. The van der Waals surface area contributed by atoms with E-state index in [-0.39, 0.29) is 0 Å². The molecule has 1 heteroatoms. The number of hydrogen-bond acceptors (Lipinski definition) is 0. The van der Waals surface area contributed by atoms with Crippen LogP contribution in [-0.2, 0) is 19.4 Å². The lowest BCUT2D eigenvalue weighted by Gasteiger charge is -2.07. The summed E-state index contributed by atoms with van der Waals surface area (Å²) in [6.07, 6.45) is 7.90. The van der Waals surface area contributed by atoms with Crippen molar-refractivity contribution in [1.82, 2.24) is 4.57 Å². The maximum atomic E-state index is 2.60. The fourth-order valence-electron chi connectivity index (χ4n) is 3.63. The minimum Gasteiger partial charge on any atom is -0.344 e. The molecular formula is C19H27N. The molecule has 2 aromatic rings. The van der Waals surface area contributed by atoms with Crippen LogP contribution in [0.15, 0.2) is 18.2 Å². The van der Waals surface area contributed by atoms with Crippen LogP contribution in [-0.4, -0.2) is 4.57 Å². The fraction of sp³-hybridized carbons (Fsp3) is 0.579. The first-order chi connectivity index (χ1) is 9.72. The van der Waals surface area contributed by atoms with E-state index < -0.39 is 0 Å². The molecule has 1 aliphatic rings. The molecule has 1 nitrogen and oxygen atoms in total. The van der Waals surface area contributed by atoms with E-state index in [9.17, 15) is 0 Å². The summed E-state index contributed by atoms with van der Waals surface area (Å²) >= 11 is 0. The van der Waals surface area contributed by atoms with Crippen molar-refractivity contribution in [3.05, 3.63) is 35.0 Å². The molecule has 0 saturated carbocycles. The van der Waals surface area contributed by atoms with Gasteiger partial charge in [0.1, 0.15) is 0 Å². The topological polar surface area (TPSA) is 4.93 Å². The molecule has 1 aromatic heterocycles. The van der Waals surface area contributed by atoms with E-state index in [4.69, 9.17) is 0 Å². The molecule has 3 rings (SSSR count). The number of rotatable bonds is 5. The van der Waals surface area contributed by atoms with Gasteiger partial charge in [-0.2, -0.15) is 0 Å². The fourth-order valence-corrected chi connectivity index (χ4v) is 3.63. The smallest absolute Gasteiger partial charge is 0.0488 e. The summed E-state index contributed by atoms with van der Waals surface area (Å²) in [6, 6.07) is 7.17. The average Bonchev–Trinajstić information content (AvgIpc) is 3.01. The molecule has 0 radical (unpaired) electrons. The molecule has 0 fully saturated rings. The van der Waals surface area contributed by atoms with Crippen molar-refractivity contribution in [2.45, 2.75) is 71.8 Å². The summed E-state index contributed by atoms with van der Waals surface area (Å²) in [5, 5.41) is 1.53. The van der Waals surface area contributed by atoms with Gasteiger partial charge in [-0.05, 0) is 48.8 Å². The molecule has 0 N–H and O–H groups in total. The Morgan fingerprint density at radius 3 is 2.80 bits per heavy atom. The molecule has 1 aliphatic heterocycles. The number of fused-ring (bicyclic) bond motifs is 3. The van der Waals surface area contributed by atoms with Crippen LogP contribution >= 0.6 is 0 Å². The van der Waals surface area contributed by atoms with E-state index in [2.05, 4.69) is 43.5 Å². The van der Waals surface area contributed by atoms with Crippen molar-refractivity contribution in [2.24, 2.45) is 0 Å². The van der Waals surface area contributed by atoms with E-state index in [1.165, 1.54) is 61.5 Å². The number of benzene rings is 1. The molecule has 0 amide bonds. The number of nitrogens with zero attached hydrogens (tertiary/aromatic N) is 1. The zero-order valence-electron chi connectivity index (χ0n) is 13.2. The van der Waals surface area contributed by atoms with Gasteiger partial charge in [0.05, 0.1) is 0 Å². The van der Waals surface area contributed by atoms with Crippen molar-refractivity contribution >= 4 is 10.9 Å². The third-order valence-corrected chi connectivity index (χ3v) is 4.80. The highest BCUT2D eigenvalue weighted by Gasteiger charge is 2.20. The van der Waals surface area contributed by atoms with Crippen LogP contribution in [0.25, 0.3) is 10.9 Å². The molecule has 20 heavy (non-hydrogen) atoms. The zero-order chi connectivity index (χ0) is 14.1. The largest absolute Gasteiger partial charge is 0.344 e. The normalized spacial score (nSPS) is 14.4. The van der Waals surface area contributed by atoms with Crippen LogP contribution in [0.4, 0.5) is 0 Å². The Bertz CT molecular complexity index is 604. The number of aromatic nitrogens is 1. The van der Waals surface area contributed by atoms with Crippen molar-refractivity contribution in [2.75, 3.05) is 0 Å². The van der Waals surface area contributed by atoms with Gasteiger partial charge in [-0.1, -0.05) is 45.7 Å². The molecule has 0 bridgehead atoms. The second-order valence-corrected chi connectivity index (χ2v) is 6.57. The van der Waals surface area contributed by atoms with Crippen LogP contribution < -0.4 is 0 Å². The molecule has 1 aromatic carbocycles. The van der Waals surface area contributed by atoms with Gasteiger partial charge in [0.25, 0.3) is 0 Å². The highest BCUT2D eigenvalue weighted by molar-refractivity contribution is 5.86. The van der Waals surface area contributed by atoms with Gasteiger partial charge in [0.15, 0.2) is 0 Å². The lowest BCUT2D eigenvalue weighted by molar-refractivity contribution is 0.715. The van der Waals surface area contributed by atoms with Gasteiger partial charge < -0.3 is 4.57 Å². The van der Waals surface area contributed by atoms with E-state index in [1.807, 2.05) is 0 Å². The second-order valence-electron chi connectivity index (χ2n) is 6.57. The summed E-state index contributed by atoms with van der Waals surface area (Å²) in [5.41, 5.74) is 6.26. The Kier molecular flexibility index (Phi) is 3.87. The van der Waals surface area contributed by atoms with Crippen LogP contribution in [0.2, 0.25) is 0 Å². The van der Waals surface area contributed by atoms with Gasteiger partial charge in [0, 0.05) is 23.1 Å². The van der Waals surface area contributed by atoms with Crippen LogP contribution in [0.5, 0.6) is 0 Å². The van der Waals surface area contributed by atoms with Gasteiger partial charge in [-0.15, -0.1) is 0 Å². The van der Waals surface area contributed by atoms with E-state index in [0.717, 1.165) is 0 Å². The highest BCUT2D eigenvalue weighted by atomic mass is 15.0. The third kappa shape index (κ3) is 2.28. The summed E-state index contributed by atoms with van der Waals surface area (Å²) in [5.74, 6) is 0.621. The van der Waals surface area contributed by atoms with Crippen LogP contribution in [0, 0.1) is 0 Å². The predicted octanol–water partition coefficient (Wildman–Crippen LogP) is 5.44. The molecule has 0 saturated heterocycles. The van der Waals surface area contributed by atoms with Crippen molar-refractivity contribution < 1.29 is 0 Å². The van der Waals surface area contributed by atoms with Crippen LogP contribution in [0.1, 0.15) is 69.2 Å². The summed E-state index contributed by atoms with van der Waals surface area (Å²) in [7, 11) is 0. The van der Waals surface area contributed by atoms with Gasteiger partial charge >= 0.3 is 0 Å². The lowest BCUT2D eigenvalue weighted by atomic mass is 9.98. The molecule has 108 valence electrons. The molecule has 0 unspecified atom stereocenters. The van der Waals surface area contributed by atoms with Crippen molar-refractivity contribution in [1.29, 1.82) is 0 Å². The van der Waals surface area contributed by atoms with Crippen molar-refractivity contribution in [3.63, 3.8) is 0 Å². The first kappa shape index (κ1) is 13.7. The average molecular weight is 269 g/mol. The molecule has 0 spiro atoms. The van der Waals surface area contributed by atoms with Gasteiger partial charge in [0.2, 0.25) is 0 Å². The quantitative estimate of drug-likeness (QED) is 0.637. The maximum Gasteiger partial charge on any atom is 0.0488 e. The van der Waals surface area contributed by atoms with Crippen LogP contribution in [0.3, 0.4) is 0 Å². The Morgan fingerprint density at radius 2 is 2.05 bits per heavy atom. The number of hydrogen-bond donors (Lipinski definition) is 0. The first-order valence-corrected chi connectivity index (χ1v) is 8.36.